The molecule has 0 N–H and O–H groups in total. The number of nitrogens with zero attached hydrogens (tertiary/aromatic N) is 2. The van der Waals surface area contributed by atoms with Crippen LogP contribution >= 0.6 is 0 Å². The van der Waals surface area contributed by atoms with Crippen LogP contribution < -0.4 is 30.9 Å². The van der Waals surface area contributed by atoms with E-state index in [1.807, 2.05) is 0 Å². The van der Waals surface area contributed by atoms with Crippen molar-refractivity contribution >= 4 is 57.2 Å². The molecule has 0 fully saturated rings. The molecule has 9 aromatic carbocycles. The number of aryl methyl sites for hydroxylation is 1. The largest absolute Gasteiger partial charge is 0.458 e. The zero-order chi connectivity index (χ0) is 46.0. The van der Waals surface area contributed by atoms with Gasteiger partial charge < -0.3 is 14.5 Å². The van der Waals surface area contributed by atoms with E-state index < -0.39 is 0 Å². The highest BCUT2D eigenvalue weighted by molar-refractivity contribution is 6.99. The average Bonchev–Trinajstić information content (AvgIpc) is 3.34. The number of ether oxygens (including phenoxy) is 1. The molecule has 0 bridgehead atoms. The lowest BCUT2D eigenvalue weighted by atomic mass is 9.34. The third-order valence-corrected chi connectivity index (χ3v) is 13.6. The highest BCUT2D eigenvalue weighted by Crippen LogP contribution is 2.48. The molecule has 326 valence electrons. The topological polar surface area (TPSA) is 15.7 Å². The highest BCUT2D eigenvalue weighted by atomic mass is 16.5. The summed E-state index contributed by atoms with van der Waals surface area (Å²) in [7, 11) is 0. The minimum Gasteiger partial charge on any atom is -0.458 e. The molecule has 0 aliphatic carbocycles. The predicted molar refractivity (Wildman–Crippen MR) is 285 cm³/mol. The van der Waals surface area contributed by atoms with Crippen molar-refractivity contribution in [2.45, 2.75) is 59.3 Å². The molecule has 0 aromatic heterocycles. The van der Waals surface area contributed by atoms with Crippen molar-refractivity contribution < 1.29 is 4.74 Å². The van der Waals surface area contributed by atoms with E-state index >= 15 is 0 Å². The van der Waals surface area contributed by atoms with Gasteiger partial charge in [-0.25, -0.2) is 0 Å². The Morgan fingerprint density at radius 2 is 0.955 bits per heavy atom. The first kappa shape index (κ1) is 42.1. The van der Waals surface area contributed by atoms with Crippen LogP contribution in [0.3, 0.4) is 0 Å². The molecule has 0 saturated heterocycles. The third-order valence-electron chi connectivity index (χ3n) is 13.6. The highest BCUT2D eigenvalue weighted by Gasteiger charge is 2.43. The fourth-order valence-corrected chi connectivity index (χ4v) is 10.4. The van der Waals surface area contributed by atoms with E-state index in [0.29, 0.717) is 0 Å². The second-order valence-corrected chi connectivity index (χ2v) is 20.3. The van der Waals surface area contributed by atoms with Crippen molar-refractivity contribution in [3.05, 3.63) is 223 Å². The van der Waals surface area contributed by atoms with Gasteiger partial charge in [-0.1, -0.05) is 181 Å². The molecule has 9 aromatic rings. The van der Waals surface area contributed by atoms with Crippen molar-refractivity contribution in [3.8, 4) is 44.9 Å². The third kappa shape index (κ3) is 7.61. The van der Waals surface area contributed by atoms with Crippen LogP contribution in [0.5, 0.6) is 11.5 Å². The summed E-state index contributed by atoms with van der Waals surface area (Å²) in [6, 6.07) is 75.5. The van der Waals surface area contributed by atoms with Crippen molar-refractivity contribution in [2.75, 3.05) is 9.80 Å². The molecule has 3 nitrogen and oxygen atoms in total. The fraction of sp³-hybridized carbons (Fsp3) is 0.143. The van der Waals surface area contributed by atoms with Gasteiger partial charge in [-0.2, -0.15) is 0 Å². The van der Waals surface area contributed by atoms with E-state index in [0.717, 1.165) is 56.6 Å². The van der Waals surface area contributed by atoms with Gasteiger partial charge in [0.2, 0.25) is 0 Å². The molecule has 0 saturated carbocycles. The SMILES string of the molecule is Cc1cc2c3c(c1)N(c1ccc(-c4ccccc4)cc1-c1ccc(C(C)(C)C)c(C(C)(C)C)c1)c1ccc(-c4ccccc4)cc1B3c1ccc(N(c3ccccc3)c3ccccc3)cc1O2. The van der Waals surface area contributed by atoms with Crippen molar-refractivity contribution in [2.24, 2.45) is 0 Å². The summed E-state index contributed by atoms with van der Waals surface area (Å²) in [5, 5.41) is 0. The van der Waals surface area contributed by atoms with Gasteiger partial charge in [0.05, 0.1) is 5.69 Å². The monoisotopic (exact) mass is 866 g/mol. The predicted octanol–water partition coefficient (Wildman–Crippen LogP) is 15.5. The van der Waals surface area contributed by atoms with Crippen LogP contribution in [0.25, 0.3) is 33.4 Å². The van der Waals surface area contributed by atoms with Crippen LogP contribution in [0.2, 0.25) is 0 Å². The van der Waals surface area contributed by atoms with Crippen LogP contribution in [0.1, 0.15) is 58.2 Å². The Balaban J connectivity index is 1.15. The van der Waals surface area contributed by atoms with Crippen molar-refractivity contribution in [1.29, 1.82) is 0 Å². The number of fused-ring (bicyclic) bond motifs is 4. The van der Waals surface area contributed by atoms with E-state index in [9.17, 15) is 0 Å². The van der Waals surface area contributed by atoms with Gasteiger partial charge in [0.15, 0.2) is 0 Å². The molecule has 0 radical (unpaired) electrons. The van der Waals surface area contributed by atoms with Gasteiger partial charge in [0.25, 0.3) is 6.71 Å². The molecule has 67 heavy (non-hydrogen) atoms. The summed E-state index contributed by atoms with van der Waals surface area (Å²) in [5.41, 5.74) is 21.2. The summed E-state index contributed by atoms with van der Waals surface area (Å²) in [6.07, 6.45) is 0. The zero-order valence-electron chi connectivity index (χ0n) is 39.5. The Bertz CT molecular complexity index is 3260. The quantitative estimate of drug-likeness (QED) is 0.148. The Hall–Kier alpha value is -7.56. The summed E-state index contributed by atoms with van der Waals surface area (Å²) < 4.78 is 7.22. The number of benzene rings is 9. The number of anilines is 6. The molecule has 2 heterocycles. The van der Waals surface area contributed by atoms with Crippen LogP contribution in [0.15, 0.2) is 206 Å². The molecule has 0 atom stereocenters. The van der Waals surface area contributed by atoms with Gasteiger partial charge in [-0.3, -0.25) is 0 Å². The molecule has 11 rings (SSSR count). The lowest BCUT2D eigenvalue weighted by Gasteiger charge is -2.41. The number of hydrogen-bond donors (Lipinski definition) is 0. The minimum atomic E-state index is -0.0779. The zero-order valence-corrected chi connectivity index (χ0v) is 39.5. The van der Waals surface area contributed by atoms with E-state index in [4.69, 9.17) is 4.74 Å². The standard InChI is InChI=1S/C63H55BN2O/c1-42-36-58-61-60(37-42)67-59-41-50(65(48-24-16-10-17-25-48)49-26-18-11-19-27-49)31-33-54(59)64(61)55-40-46(44-22-14-9-15-23-44)30-35-57(55)66(58)56-34-29-45(43-20-12-8-13-21-43)38-51(56)47-28-32-52(62(2,3)4)53(39-47)63(5,6)7/h8-41H,1-7H3. The Morgan fingerprint density at radius 3 is 1.55 bits per heavy atom. The number of rotatable bonds is 7. The van der Waals surface area contributed by atoms with Gasteiger partial charge in [-0.15, -0.1) is 0 Å². The first-order valence-corrected chi connectivity index (χ1v) is 23.6. The first-order valence-electron chi connectivity index (χ1n) is 23.6. The summed E-state index contributed by atoms with van der Waals surface area (Å²) in [4.78, 5) is 4.84. The molecule has 4 heteroatoms. The van der Waals surface area contributed by atoms with Gasteiger partial charge in [0, 0.05) is 40.1 Å². The second-order valence-electron chi connectivity index (χ2n) is 20.3. The van der Waals surface area contributed by atoms with Crippen LogP contribution in [0.4, 0.5) is 34.1 Å². The van der Waals surface area contributed by atoms with Crippen LogP contribution in [0, 0.1) is 6.92 Å². The van der Waals surface area contributed by atoms with Crippen LogP contribution in [-0.4, -0.2) is 6.71 Å². The maximum absolute atomic E-state index is 7.22. The van der Waals surface area contributed by atoms with Crippen LogP contribution in [-0.2, 0) is 10.8 Å². The van der Waals surface area contributed by atoms with Gasteiger partial charge in [-0.05, 0) is 139 Å². The summed E-state index contributed by atoms with van der Waals surface area (Å²) in [6.45, 7) is 16.1. The molecular formula is C63H55BN2O. The number of hydrogen-bond acceptors (Lipinski definition) is 3. The van der Waals surface area contributed by atoms with E-state index in [1.54, 1.807) is 0 Å². The molecule has 0 unspecified atom stereocenters. The fourth-order valence-electron chi connectivity index (χ4n) is 10.4. The maximum Gasteiger partial charge on any atom is 0.256 e. The van der Waals surface area contributed by atoms with Gasteiger partial charge >= 0.3 is 0 Å². The Labute approximate surface area is 397 Å². The van der Waals surface area contributed by atoms with Crippen molar-refractivity contribution in [3.63, 3.8) is 0 Å². The van der Waals surface area contributed by atoms with E-state index in [1.165, 1.54) is 55.4 Å². The molecular weight excluding hydrogens is 812 g/mol. The second kappa shape index (κ2) is 16.4. The Morgan fingerprint density at radius 1 is 0.403 bits per heavy atom. The normalized spacial score (nSPS) is 12.8. The number of para-hydroxylation sites is 2. The lowest BCUT2D eigenvalue weighted by Crippen LogP contribution is -2.59. The molecule has 2 aliphatic heterocycles. The molecule has 0 amide bonds. The minimum absolute atomic E-state index is 0.00773. The van der Waals surface area contributed by atoms with Gasteiger partial charge in [0.1, 0.15) is 11.5 Å². The summed E-state index contributed by atoms with van der Waals surface area (Å²) >= 11 is 0. The molecule has 0 spiro atoms. The molecule has 2 aliphatic rings. The Kier molecular flexibility index (Phi) is 10.3. The summed E-state index contributed by atoms with van der Waals surface area (Å²) in [5.74, 6) is 1.76. The lowest BCUT2D eigenvalue weighted by molar-refractivity contribution is 0.487. The smallest absolute Gasteiger partial charge is 0.256 e. The van der Waals surface area contributed by atoms with Crippen molar-refractivity contribution in [1.82, 2.24) is 0 Å². The average molecular weight is 867 g/mol. The van der Waals surface area contributed by atoms with E-state index in [-0.39, 0.29) is 17.5 Å². The van der Waals surface area contributed by atoms with E-state index in [2.05, 4.69) is 265 Å². The maximum atomic E-state index is 7.22. The first-order chi connectivity index (χ1) is 32.4.